The molecule has 0 bridgehead atoms. The van der Waals surface area contributed by atoms with Gasteiger partial charge in [0, 0.05) is 6.07 Å². The Labute approximate surface area is 74.8 Å². The Morgan fingerprint density at radius 3 is 2.92 bits per heavy atom. The molecule has 0 spiro atoms. The average molecular weight is 176 g/mol. The Kier molecular flexibility index (Phi) is 1.73. The quantitative estimate of drug-likeness (QED) is 0.712. The summed E-state index contributed by atoms with van der Waals surface area (Å²) in [6.07, 6.45) is 1.40. The van der Waals surface area contributed by atoms with Gasteiger partial charge >= 0.3 is 0 Å². The molecule has 0 aliphatic rings. The van der Waals surface area contributed by atoms with Crippen LogP contribution in [-0.2, 0) is 0 Å². The normalized spacial score (nSPS) is 10.2. The highest BCUT2D eigenvalue weighted by Crippen LogP contribution is 2.23. The van der Waals surface area contributed by atoms with E-state index in [1.165, 1.54) is 6.33 Å². The van der Waals surface area contributed by atoms with E-state index in [0.29, 0.717) is 11.4 Å². The summed E-state index contributed by atoms with van der Waals surface area (Å²) in [5.74, 6) is 0.707. The summed E-state index contributed by atoms with van der Waals surface area (Å²) in [4.78, 5) is 7.94. The van der Waals surface area contributed by atoms with Crippen LogP contribution in [0.3, 0.4) is 0 Å². The molecule has 0 saturated heterocycles. The number of hydrogen-bond acceptors (Lipinski definition) is 4. The third-order valence-electron chi connectivity index (χ3n) is 1.78. The minimum Gasteiger partial charge on any atom is -0.508 e. The van der Waals surface area contributed by atoms with Crippen molar-refractivity contribution in [3.8, 4) is 11.6 Å². The largest absolute Gasteiger partial charge is 0.508 e. The van der Waals surface area contributed by atoms with Crippen molar-refractivity contribution in [1.29, 1.82) is 0 Å². The Morgan fingerprint density at radius 1 is 1.31 bits per heavy atom. The molecule has 0 unspecified atom stereocenters. The first kappa shape index (κ1) is 7.79. The van der Waals surface area contributed by atoms with Crippen molar-refractivity contribution in [3.63, 3.8) is 0 Å². The van der Waals surface area contributed by atoms with Crippen molar-refractivity contribution >= 4 is 10.9 Å². The van der Waals surface area contributed by atoms with Gasteiger partial charge in [-0.1, -0.05) is 0 Å². The van der Waals surface area contributed by atoms with Gasteiger partial charge in [0.15, 0.2) is 0 Å². The van der Waals surface area contributed by atoms with Gasteiger partial charge in [-0.3, -0.25) is 0 Å². The molecular formula is C9H8N2O2. The predicted octanol–water partition coefficient (Wildman–Crippen LogP) is 1.34. The molecule has 1 N–H and O–H groups in total. The maximum Gasteiger partial charge on any atom is 0.224 e. The van der Waals surface area contributed by atoms with Crippen LogP contribution in [-0.4, -0.2) is 22.2 Å². The summed E-state index contributed by atoms with van der Waals surface area (Å²) in [5.41, 5.74) is 0.673. The lowest BCUT2D eigenvalue weighted by Crippen LogP contribution is -1.90. The number of benzene rings is 1. The van der Waals surface area contributed by atoms with Crippen LogP contribution >= 0.6 is 0 Å². The molecule has 2 aromatic rings. The molecule has 4 heteroatoms. The van der Waals surface area contributed by atoms with Crippen LogP contribution in [0, 0.1) is 0 Å². The number of hydrogen-bond donors (Lipinski definition) is 1. The molecule has 0 atom stereocenters. The summed E-state index contributed by atoms with van der Waals surface area (Å²) >= 11 is 0. The van der Waals surface area contributed by atoms with Gasteiger partial charge < -0.3 is 9.84 Å². The maximum atomic E-state index is 9.19. The van der Waals surface area contributed by atoms with E-state index in [1.807, 2.05) is 0 Å². The Balaban J connectivity index is 2.77. The second-order valence-electron chi connectivity index (χ2n) is 2.58. The summed E-state index contributed by atoms with van der Waals surface area (Å²) in [6, 6.07) is 4.87. The highest BCUT2D eigenvalue weighted by atomic mass is 16.5. The minimum absolute atomic E-state index is 0.188. The SMILES string of the molecule is COc1ncnc2cc(O)ccc12. The zero-order valence-corrected chi connectivity index (χ0v) is 7.06. The summed E-state index contributed by atoms with van der Waals surface area (Å²) in [5, 5.41) is 9.99. The van der Waals surface area contributed by atoms with E-state index >= 15 is 0 Å². The lowest BCUT2D eigenvalue weighted by molar-refractivity contribution is 0.402. The van der Waals surface area contributed by atoms with Gasteiger partial charge in [-0.05, 0) is 12.1 Å². The van der Waals surface area contributed by atoms with Crippen LogP contribution in [0.15, 0.2) is 24.5 Å². The Bertz CT molecular complexity index is 443. The van der Waals surface area contributed by atoms with Crippen LogP contribution in [0.25, 0.3) is 10.9 Å². The number of phenols is 1. The lowest BCUT2D eigenvalue weighted by atomic mass is 10.2. The van der Waals surface area contributed by atoms with Crippen LogP contribution in [0.5, 0.6) is 11.6 Å². The van der Waals surface area contributed by atoms with Gasteiger partial charge in [0.1, 0.15) is 12.1 Å². The molecule has 0 saturated carbocycles. The number of ether oxygens (including phenoxy) is 1. The van der Waals surface area contributed by atoms with Gasteiger partial charge in [-0.2, -0.15) is 0 Å². The minimum atomic E-state index is 0.188. The van der Waals surface area contributed by atoms with Crippen molar-refractivity contribution < 1.29 is 9.84 Å². The van der Waals surface area contributed by atoms with E-state index in [4.69, 9.17) is 4.74 Å². The van der Waals surface area contributed by atoms with Crippen molar-refractivity contribution in [1.82, 2.24) is 9.97 Å². The fourth-order valence-corrected chi connectivity index (χ4v) is 1.18. The second-order valence-corrected chi connectivity index (χ2v) is 2.58. The molecule has 0 fully saturated rings. The van der Waals surface area contributed by atoms with Crippen molar-refractivity contribution in [3.05, 3.63) is 24.5 Å². The van der Waals surface area contributed by atoms with Crippen molar-refractivity contribution in [2.45, 2.75) is 0 Å². The van der Waals surface area contributed by atoms with Crippen molar-refractivity contribution in [2.24, 2.45) is 0 Å². The van der Waals surface area contributed by atoms with E-state index in [1.54, 1.807) is 25.3 Å². The molecule has 1 heterocycles. The van der Waals surface area contributed by atoms with Crippen molar-refractivity contribution in [2.75, 3.05) is 7.11 Å². The molecule has 1 aromatic heterocycles. The zero-order chi connectivity index (χ0) is 9.26. The lowest BCUT2D eigenvalue weighted by Gasteiger charge is -2.02. The van der Waals surface area contributed by atoms with E-state index in [0.717, 1.165) is 5.39 Å². The number of aromatic hydroxyl groups is 1. The monoisotopic (exact) mass is 176 g/mol. The summed E-state index contributed by atoms with van der Waals surface area (Å²) < 4.78 is 5.03. The van der Waals surface area contributed by atoms with Crippen LogP contribution in [0.4, 0.5) is 0 Å². The molecule has 1 aromatic carbocycles. The number of fused-ring (bicyclic) bond motifs is 1. The fraction of sp³-hybridized carbons (Fsp3) is 0.111. The molecule has 0 amide bonds. The van der Waals surface area contributed by atoms with Gasteiger partial charge in [0.25, 0.3) is 0 Å². The van der Waals surface area contributed by atoms with Crippen LogP contribution in [0.2, 0.25) is 0 Å². The number of phenolic OH excluding ortho intramolecular Hbond substituents is 1. The number of rotatable bonds is 1. The maximum absolute atomic E-state index is 9.19. The first-order valence-corrected chi connectivity index (χ1v) is 3.79. The van der Waals surface area contributed by atoms with E-state index in [2.05, 4.69) is 9.97 Å². The summed E-state index contributed by atoms with van der Waals surface area (Å²) in [6.45, 7) is 0. The number of nitrogens with zero attached hydrogens (tertiary/aromatic N) is 2. The van der Waals surface area contributed by atoms with E-state index in [-0.39, 0.29) is 5.75 Å². The zero-order valence-electron chi connectivity index (χ0n) is 7.06. The van der Waals surface area contributed by atoms with E-state index < -0.39 is 0 Å². The first-order chi connectivity index (χ1) is 6.31. The van der Waals surface area contributed by atoms with Crippen LogP contribution in [0.1, 0.15) is 0 Å². The fourth-order valence-electron chi connectivity index (χ4n) is 1.18. The van der Waals surface area contributed by atoms with Gasteiger partial charge in [-0.25, -0.2) is 9.97 Å². The topological polar surface area (TPSA) is 55.2 Å². The second kappa shape index (κ2) is 2.90. The molecule has 66 valence electrons. The van der Waals surface area contributed by atoms with Gasteiger partial charge in [0.05, 0.1) is 18.0 Å². The molecule has 0 aliphatic heterocycles. The highest BCUT2D eigenvalue weighted by molar-refractivity contribution is 5.84. The molecular weight excluding hydrogens is 168 g/mol. The summed E-state index contributed by atoms with van der Waals surface area (Å²) in [7, 11) is 1.55. The molecule has 4 nitrogen and oxygen atoms in total. The molecule has 2 rings (SSSR count). The van der Waals surface area contributed by atoms with Gasteiger partial charge in [0.2, 0.25) is 5.88 Å². The molecule has 0 aliphatic carbocycles. The Morgan fingerprint density at radius 2 is 2.15 bits per heavy atom. The average Bonchev–Trinajstić information content (AvgIpc) is 2.16. The van der Waals surface area contributed by atoms with E-state index in [9.17, 15) is 5.11 Å². The van der Waals surface area contributed by atoms with Gasteiger partial charge in [-0.15, -0.1) is 0 Å². The third-order valence-corrected chi connectivity index (χ3v) is 1.78. The Hall–Kier alpha value is -1.84. The third kappa shape index (κ3) is 1.26. The number of aromatic nitrogens is 2. The van der Waals surface area contributed by atoms with Crippen LogP contribution < -0.4 is 4.74 Å². The highest BCUT2D eigenvalue weighted by Gasteiger charge is 2.02. The molecule has 13 heavy (non-hydrogen) atoms. The smallest absolute Gasteiger partial charge is 0.224 e. The standard InChI is InChI=1S/C9H8N2O2/c1-13-9-7-3-2-6(12)4-8(7)10-5-11-9/h2-5,12H,1H3. The predicted molar refractivity (Wildman–Crippen MR) is 47.8 cm³/mol. The first-order valence-electron chi connectivity index (χ1n) is 3.79. The molecule has 0 radical (unpaired) electrons. The number of methoxy groups -OCH3 is 1.